The van der Waals surface area contributed by atoms with Crippen molar-refractivity contribution in [2.45, 2.75) is 78.1 Å². The summed E-state index contributed by atoms with van der Waals surface area (Å²) in [6, 6.07) is 0. The fraction of sp³-hybridized carbons (Fsp3) is 0.765. The largest absolute Gasteiger partial charge is 0.339 e. The Balaban J connectivity index is 0. The van der Waals surface area contributed by atoms with E-state index in [1.165, 1.54) is 25.7 Å². The van der Waals surface area contributed by atoms with Crippen molar-refractivity contribution in [2.75, 3.05) is 6.67 Å². The van der Waals surface area contributed by atoms with Gasteiger partial charge in [-0.05, 0) is 12.8 Å². The Bertz CT molecular complexity index is 231. The van der Waals surface area contributed by atoms with Gasteiger partial charge in [-0.3, -0.25) is 9.59 Å². The first-order valence-corrected chi connectivity index (χ1v) is 8.24. The summed E-state index contributed by atoms with van der Waals surface area (Å²) in [5.74, 6) is 0.0600. The van der Waals surface area contributed by atoms with Gasteiger partial charge in [-0.1, -0.05) is 52.4 Å². The molecule has 0 aromatic carbocycles. The van der Waals surface area contributed by atoms with Crippen LogP contribution in [-0.2, 0) is 9.59 Å². The molecule has 0 heterocycles. The summed E-state index contributed by atoms with van der Waals surface area (Å²) < 4.78 is 0. The second-order valence-electron chi connectivity index (χ2n) is 5.00. The first-order chi connectivity index (χ1) is 10.2. The quantitative estimate of drug-likeness (QED) is 0.326. The Hall–Kier alpha value is -1.32. The molecule has 0 aliphatic heterocycles. The maximum Gasteiger partial charge on any atom is 0.221 e. The average molecular weight is 298 g/mol. The SMILES string of the molecule is C=C.CCCCCCC(=O)NCNC(=O)CCCCCC. The number of unbranched alkanes of at least 4 members (excludes halogenated alkanes) is 6. The fourth-order valence-electron chi connectivity index (χ4n) is 1.84. The Morgan fingerprint density at radius 3 is 1.43 bits per heavy atom. The standard InChI is InChI=1S/C15H30N2O2.C2H4/c1-3-5-7-9-11-14(18)16-13-17-15(19)12-10-8-6-4-2;1-2/h3-13H2,1-2H3,(H,16,18)(H,17,19);1-2H2. The predicted octanol–water partition coefficient (Wildman–Crippen LogP) is 3.92. The van der Waals surface area contributed by atoms with E-state index in [0.29, 0.717) is 12.8 Å². The van der Waals surface area contributed by atoms with Gasteiger partial charge < -0.3 is 10.6 Å². The van der Waals surface area contributed by atoms with Crippen LogP contribution in [0.3, 0.4) is 0 Å². The molecule has 0 unspecified atom stereocenters. The number of amides is 2. The highest BCUT2D eigenvalue weighted by molar-refractivity contribution is 5.78. The van der Waals surface area contributed by atoms with E-state index in [9.17, 15) is 9.59 Å². The van der Waals surface area contributed by atoms with Crippen LogP contribution in [0.4, 0.5) is 0 Å². The van der Waals surface area contributed by atoms with E-state index in [4.69, 9.17) is 0 Å². The fourth-order valence-corrected chi connectivity index (χ4v) is 1.84. The van der Waals surface area contributed by atoms with Crippen molar-refractivity contribution in [3.63, 3.8) is 0 Å². The Morgan fingerprint density at radius 2 is 1.10 bits per heavy atom. The maximum absolute atomic E-state index is 11.4. The van der Waals surface area contributed by atoms with Crippen LogP contribution in [0.2, 0.25) is 0 Å². The van der Waals surface area contributed by atoms with Gasteiger partial charge in [-0.25, -0.2) is 0 Å². The van der Waals surface area contributed by atoms with Gasteiger partial charge >= 0.3 is 0 Å². The molecule has 0 aliphatic rings. The molecule has 0 aromatic rings. The molecule has 0 rings (SSSR count). The topological polar surface area (TPSA) is 58.2 Å². The lowest BCUT2D eigenvalue weighted by Crippen LogP contribution is -2.37. The van der Waals surface area contributed by atoms with Gasteiger partial charge in [0.25, 0.3) is 0 Å². The molecular weight excluding hydrogens is 264 g/mol. The van der Waals surface area contributed by atoms with Crippen molar-refractivity contribution < 1.29 is 9.59 Å². The number of carbonyl (C=O) groups is 2. The summed E-state index contributed by atoms with van der Waals surface area (Å²) in [6.07, 6.45) is 9.92. The summed E-state index contributed by atoms with van der Waals surface area (Å²) in [7, 11) is 0. The number of rotatable bonds is 12. The smallest absolute Gasteiger partial charge is 0.221 e. The summed E-state index contributed by atoms with van der Waals surface area (Å²) in [6.45, 7) is 10.6. The van der Waals surface area contributed by atoms with Gasteiger partial charge in [0.2, 0.25) is 11.8 Å². The summed E-state index contributed by atoms with van der Waals surface area (Å²) >= 11 is 0. The molecule has 0 atom stereocenters. The molecular formula is C17H34N2O2. The monoisotopic (exact) mass is 298 g/mol. The Kier molecular flexibility index (Phi) is 19.5. The van der Waals surface area contributed by atoms with Crippen LogP contribution in [0, 0.1) is 0 Å². The first-order valence-electron chi connectivity index (χ1n) is 8.24. The zero-order valence-electron chi connectivity index (χ0n) is 14.0. The van der Waals surface area contributed by atoms with Crippen LogP contribution in [0.5, 0.6) is 0 Å². The maximum atomic E-state index is 11.4. The lowest BCUT2D eigenvalue weighted by molar-refractivity contribution is -0.123. The van der Waals surface area contributed by atoms with Crippen molar-refractivity contribution >= 4 is 11.8 Å². The molecule has 0 saturated heterocycles. The van der Waals surface area contributed by atoms with Crippen LogP contribution in [0.25, 0.3) is 0 Å². The minimum atomic E-state index is 0.0300. The third kappa shape index (κ3) is 18.7. The van der Waals surface area contributed by atoms with Crippen LogP contribution in [-0.4, -0.2) is 18.5 Å². The summed E-state index contributed by atoms with van der Waals surface area (Å²) in [5.41, 5.74) is 0. The molecule has 2 N–H and O–H groups in total. The van der Waals surface area contributed by atoms with Crippen LogP contribution < -0.4 is 10.6 Å². The highest BCUT2D eigenvalue weighted by Gasteiger charge is 2.02. The molecule has 0 saturated carbocycles. The second kappa shape index (κ2) is 18.7. The highest BCUT2D eigenvalue weighted by Crippen LogP contribution is 2.02. The first kappa shape index (κ1) is 22.0. The molecule has 0 fully saturated rings. The molecule has 0 bridgehead atoms. The lowest BCUT2D eigenvalue weighted by atomic mass is 10.1. The summed E-state index contributed by atoms with van der Waals surface area (Å²) in [5, 5.41) is 5.44. The molecule has 4 nitrogen and oxygen atoms in total. The van der Waals surface area contributed by atoms with E-state index in [1.807, 2.05) is 0 Å². The number of nitrogens with one attached hydrogen (secondary N) is 2. The lowest BCUT2D eigenvalue weighted by Gasteiger charge is -2.07. The average Bonchev–Trinajstić information content (AvgIpc) is 2.50. The Labute approximate surface area is 130 Å². The van der Waals surface area contributed by atoms with E-state index in [1.54, 1.807) is 0 Å². The van der Waals surface area contributed by atoms with Crippen molar-refractivity contribution in [3.05, 3.63) is 13.2 Å². The molecule has 124 valence electrons. The van der Waals surface area contributed by atoms with Crippen LogP contribution in [0.1, 0.15) is 78.1 Å². The van der Waals surface area contributed by atoms with Gasteiger partial charge in [-0.2, -0.15) is 0 Å². The number of hydrogen-bond donors (Lipinski definition) is 2. The van der Waals surface area contributed by atoms with Gasteiger partial charge in [0.05, 0.1) is 6.67 Å². The number of hydrogen-bond acceptors (Lipinski definition) is 2. The second-order valence-corrected chi connectivity index (χ2v) is 5.00. The summed E-state index contributed by atoms with van der Waals surface area (Å²) in [4.78, 5) is 22.8. The molecule has 0 spiro atoms. The van der Waals surface area contributed by atoms with E-state index in [2.05, 4.69) is 37.6 Å². The molecule has 2 amide bonds. The van der Waals surface area contributed by atoms with Crippen molar-refractivity contribution in [3.8, 4) is 0 Å². The molecule has 0 aliphatic carbocycles. The van der Waals surface area contributed by atoms with Crippen molar-refractivity contribution in [1.82, 2.24) is 10.6 Å². The van der Waals surface area contributed by atoms with E-state index in [0.717, 1.165) is 25.7 Å². The minimum Gasteiger partial charge on any atom is -0.339 e. The van der Waals surface area contributed by atoms with Gasteiger partial charge in [0.1, 0.15) is 0 Å². The number of carbonyl (C=O) groups excluding carboxylic acids is 2. The molecule has 0 radical (unpaired) electrons. The van der Waals surface area contributed by atoms with Crippen LogP contribution >= 0.6 is 0 Å². The minimum absolute atomic E-state index is 0.0300. The van der Waals surface area contributed by atoms with Crippen molar-refractivity contribution in [2.24, 2.45) is 0 Å². The van der Waals surface area contributed by atoms with Gasteiger partial charge in [0.15, 0.2) is 0 Å². The molecule has 4 heteroatoms. The third-order valence-corrected chi connectivity index (χ3v) is 3.09. The predicted molar refractivity (Wildman–Crippen MR) is 89.9 cm³/mol. The Morgan fingerprint density at radius 1 is 0.714 bits per heavy atom. The zero-order chi connectivity index (χ0) is 16.3. The van der Waals surface area contributed by atoms with Crippen molar-refractivity contribution in [1.29, 1.82) is 0 Å². The van der Waals surface area contributed by atoms with Gasteiger partial charge in [0, 0.05) is 12.8 Å². The normalized spacial score (nSPS) is 9.43. The van der Waals surface area contributed by atoms with E-state index in [-0.39, 0.29) is 18.5 Å². The van der Waals surface area contributed by atoms with E-state index < -0.39 is 0 Å². The highest BCUT2D eigenvalue weighted by atomic mass is 16.2. The molecule has 21 heavy (non-hydrogen) atoms. The zero-order valence-corrected chi connectivity index (χ0v) is 14.0. The third-order valence-electron chi connectivity index (χ3n) is 3.09. The van der Waals surface area contributed by atoms with Crippen LogP contribution in [0.15, 0.2) is 13.2 Å². The van der Waals surface area contributed by atoms with Gasteiger partial charge in [-0.15, -0.1) is 13.2 Å². The molecule has 0 aromatic heterocycles. The van der Waals surface area contributed by atoms with E-state index >= 15 is 0 Å².